The second-order valence-corrected chi connectivity index (χ2v) is 4.30. The summed E-state index contributed by atoms with van der Waals surface area (Å²) in [5.41, 5.74) is 2.18. The lowest BCUT2D eigenvalue weighted by atomic mass is 10.2. The number of anilines is 2. The van der Waals surface area contributed by atoms with Crippen molar-refractivity contribution in [3.8, 4) is 0 Å². The lowest BCUT2D eigenvalue weighted by Crippen LogP contribution is -2.04. The minimum atomic E-state index is -0.404. The fourth-order valence-corrected chi connectivity index (χ4v) is 1.71. The Morgan fingerprint density at radius 2 is 2.05 bits per heavy atom. The topological polar surface area (TPSA) is 93.2 Å². The van der Waals surface area contributed by atoms with Gasteiger partial charge in [-0.2, -0.15) is 0 Å². The van der Waals surface area contributed by atoms with E-state index in [2.05, 4.69) is 15.8 Å². The van der Waals surface area contributed by atoms with Crippen LogP contribution in [0.5, 0.6) is 0 Å². The van der Waals surface area contributed by atoms with Crippen LogP contribution in [0.25, 0.3) is 0 Å². The van der Waals surface area contributed by atoms with Crippen LogP contribution >= 0.6 is 0 Å². The first kappa shape index (κ1) is 13.9. The lowest BCUT2D eigenvalue weighted by molar-refractivity contribution is -0.384. The summed E-state index contributed by atoms with van der Waals surface area (Å²) in [4.78, 5) is 10.5. The van der Waals surface area contributed by atoms with Gasteiger partial charge < -0.3 is 15.2 Å². The van der Waals surface area contributed by atoms with Crippen molar-refractivity contribution in [3.63, 3.8) is 0 Å². The van der Waals surface area contributed by atoms with E-state index < -0.39 is 4.92 Å². The van der Waals surface area contributed by atoms with Gasteiger partial charge in [0.25, 0.3) is 5.69 Å². The number of aromatic nitrogens is 1. The minimum Gasteiger partial charge on any atom is -0.385 e. The van der Waals surface area contributed by atoms with Crippen LogP contribution in [0.3, 0.4) is 0 Å². The van der Waals surface area contributed by atoms with Gasteiger partial charge in [-0.05, 0) is 12.5 Å². The maximum absolute atomic E-state index is 10.9. The molecular weight excluding hydrogens is 260 g/mol. The molecule has 0 amide bonds. The van der Waals surface area contributed by atoms with Crippen LogP contribution < -0.4 is 10.6 Å². The highest BCUT2D eigenvalue weighted by atomic mass is 16.6. The standard InChI is InChI=1S/C13H16N4O3/c1-2-4-14-11-6-12(8-13(7-11)17(18)19)15-9-10-3-5-20-16-10/h3,5-8,14-15H,2,4,9H2,1H3. The maximum atomic E-state index is 10.9. The van der Waals surface area contributed by atoms with Gasteiger partial charge in [-0.1, -0.05) is 12.1 Å². The van der Waals surface area contributed by atoms with Crippen molar-refractivity contribution in [3.05, 3.63) is 46.3 Å². The molecule has 0 spiro atoms. The molecule has 2 rings (SSSR count). The fraction of sp³-hybridized carbons (Fsp3) is 0.308. The van der Waals surface area contributed by atoms with Gasteiger partial charge in [-0.15, -0.1) is 0 Å². The van der Waals surface area contributed by atoms with E-state index in [0.29, 0.717) is 12.2 Å². The van der Waals surface area contributed by atoms with Crippen molar-refractivity contribution >= 4 is 17.1 Å². The molecule has 0 saturated heterocycles. The van der Waals surface area contributed by atoms with Crippen molar-refractivity contribution in [1.82, 2.24) is 5.16 Å². The Bertz CT molecular complexity index is 569. The van der Waals surface area contributed by atoms with Crippen LogP contribution in [0.15, 0.2) is 35.1 Å². The van der Waals surface area contributed by atoms with E-state index in [1.54, 1.807) is 6.07 Å². The van der Waals surface area contributed by atoms with Crippen molar-refractivity contribution in [2.24, 2.45) is 0 Å². The first-order chi connectivity index (χ1) is 9.69. The predicted octanol–water partition coefficient (Wildman–Crippen LogP) is 3.02. The van der Waals surface area contributed by atoms with Crippen LogP contribution in [0, 0.1) is 10.1 Å². The first-order valence-corrected chi connectivity index (χ1v) is 6.35. The summed E-state index contributed by atoms with van der Waals surface area (Å²) in [7, 11) is 0. The number of nitro groups is 1. The summed E-state index contributed by atoms with van der Waals surface area (Å²) in [6.45, 7) is 3.25. The molecule has 20 heavy (non-hydrogen) atoms. The van der Waals surface area contributed by atoms with Gasteiger partial charge in [0.2, 0.25) is 0 Å². The lowest BCUT2D eigenvalue weighted by Gasteiger charge is -2.09. The van der Waals surface area contributed by atoms with E-state index in [9.17, 15) is 10.1 Å². The van der Waals surface area contributed by atoms with Crippen molar-refractivity contribution in [2.75, 3.05) is 17.2 Å². The highest BCUT2D eigenvalue weighted by Crippen LogP contribution is 2.24. The summed E-state index contributed by atoms with van der Waals surface area (Å²) in [5, 5.41) is 20.9. The second-order valence-electron chi connectivity index (χ2n) is 4.30. The number of nitro benzene ring substituents is 1. The van der Waals surface area contributed by atoms with Gasteiger partial charge in [0, 0.05) is 36.1 Å². The molecule has 0 aliphatic rings. The number of benzene rings is 1. The van der Waals surface area contributed by atoms with Gasteiger partial charge in [-0.3, -0.25) is 10.1 Å². The summed E-state index contributed by atoms with van der Waals surface area (Å²) in [6, 6.07) is 6.59. The van der Waals surface area contributed by atoms with Crippen molar-refractivity contribution in [2.45, 2.75) is 19.9 Å². The highest BCUT2D eigenvalue weighted by molar-refractivity contribution is 5.63. The second kappa shape index (κ2) is 6.55. The van der Waals surface area contributed by atoms with E-state index in [0.717, 1.165) is 24.3 Å². The average molecular weight is 276 g/mol. The molecule has 2 N–H and O–H groups in total. The van der Waals surface area contributed by atoms with Gasteiger partial charge in [-0.25, -0.2) is 0 Å². The van der Waals surface area contributed by atoms with E-state index in [1.807, 2.05) is 13.0 Å². The van der Waals surface area contributed by atoms with Crippen LogP contribution in [0.4, 0.5) is 17.1 Å². The molecule has 0 fully saturated rings. The minimum absolute atomic E-state index is 0.0498. The highest BCUT2D eigenvalue weighted by Gasteiger charge is 2.10. The number of nitrogens with zero attached hydrogens (tertiary/aromatic N) is 2. The van der Waals surface area contributed by atoms with Crippen LogP contribution in [-0.4, -0.2) is 16.6 Å². The van der Waals surface area contributed by atoms with Gasteiger partial charge in [0.1, 0.15) is 12.0 Å². The molecule has 0 aliphatic heterocycles. The Balaban J connectivity index is 2.13. The number of hydrogen-bond donors (Lipinski definition) is 2. The summed E-state index contributed by atoms with van der Waals surface area (Å²) < 4.78 is 4.73. The fourth-order valence-electron chi connectivity index (χ4n) is 1.71. The Labute approximate surface area is 116 Å². The number of rotatable bonds is 7. The van der Waals surface area contributed by atoms with Crippen LogP contribution in [-0.2, 0) is 6.54 Å². The molecule has 106 valence electrons. The Morgan fingerprint density at radius 3 is 2.65 bits per heavy atom. The smallest absolute Gasteiger partial charge is 0.273 e. The van der Waals surface area contributed by atoms with Crippen molar-refractivity contribution in [1.29, 1.82) is 0 Å². The Morgan fingerprint density at radius 1 is 1.30 bits per heavy atom. The van der Waals surface area contributed by atoms with E-state index >= 15 is 0 Å². The van der Waals surface area contributed by atoms with Crippen molar-refractivity contribution < 1.29 is 9.45 Å². The van der Waals surface area contributed by atoms with E-state index in [1.165, 1.54) is 18.4 Å². The van der Waals surface area contributed by atoms with Gasteiger partial charge in [0.15, 0.2) is 0 Å². The zero-order chi connectivity index (χ0) is 14.4. The molecule has 7 heteroatoms. The third-order valence-corrected chi connectivity index (χ3v) is 2.67. The first-order valence-electron chi connectivity index (χ1n) is 6.35. The molecular formula is C13H16N4O3. The molecule has 1 aromatic heterocycles. The molecule has 2 aromatic rings. The number of non-ortho nitro benzene ring substituents is 1. The summed E-state index contributed by atoms with van der Waals surface area (Å²) >= 11 is 0. The van der Waals surface area contributed by atoms with Crippen LogP contribution in [0.1, 0.15) is 19.0 Å². The van der Waals surface area contributed by atoms with E-state index in [4.69, 9.17) is 4.52 Å². The maximum Gasteiger partial charge on any atom is 0.273 e. The molecule has 0 atom stereocenters. The Kier molecular flexibility index (Phi) is 4.54. The normalized spacial score (nSPS) is 10.2. The molecule has 7 nitrogen and oxygen atoms in total. The quantitative estimate of drug-likeness (QED) is 0.596. The summed E-state index contributed by atoms with van der Waals surface area (Å²) in [6.07, 6.45) is 2.43. The SMILES string of the molecule is CCCNc1cc(NCc2ccon2)cc([N+](=O)[O-])c1. The average Bonchev–Trinajstić information content (AvgIpc) is 2.96. The zero-order valence-electron chi connectivity index (χ0n) is 11.1. The van der Waals surface area contributed by atoms with E-state index in [-0.39, 0.29) is 5.69 Å². The third kappa shape index (κ3) is 3.71. The number of hydrogen-bond acceptors (Lipinski definition) is 6. The molecule has 1 aromatic carbocycles. The molecule has 0 radical (unpaired) electrons. The largest absolute Gasteiger partial charge is 0.385 e. The molecule has 0 bridgehead atoms. The monoisotopic (exact) mass is 276 g/mol. The molecule has 0 unspecified atom stereocenters. The Hall–Kier alpha value is -2.57. The summed E-state index contributed by atoms with van der Waals surface area (Å²) in [5.74, 6) is 0. The third-order valence-electron chi connectivity index (χ3n) is 2.67. The van der Waals surface area contributed by atoms with Gasteiger partial charge in [0.05, 0.1) is 11.5 Å². The molecule has 1 heterocycles. The molecule has 0 aliphatic carbocycles. The predicted molar refractivity (Wildman–Crippen MR) is 75.7 cm³/mol. The number of nitrogens with one attached hydrogen (secondary N) is 2. The zero-order valence-corrected chi connectivity index (χ0v) is 11.1. The van der Waals surface area contributed by atoms with Crippen LogP contribution in [0.2, 0.25) is 0 Å². The van der Waals surface area contributed by atoms with Gasteiger partial charge >= 0.3 is 0 Å². The molecule has 0 saturated carbocycles.